The number of nitrogens with zero attached hydrogens (tertiary/aromatic N) is 2. The Kier molecular flexibility index (Phi) is 4.37. The molecule has 1 aromatic carbocycles. The second-order valence-electron chi connectivity index (χ2n) is 6.36. The van der Waals surface area contributed by atoms with Crippen LogP contribution in [-0.2, 0) is 27.8 Å². The highest BCUT2D eigenvalue weighted by atomic mass is 35.5. The molecule has 1 aromatic heterocycles. The Morgan fingerprint density at radius 2 is 2.27 bits per heavy atom. The number of carbonyl (C=O) groups is 1. The van der Waals surface area contributed by atoms with Crippen molar-refractivity contribution >= 4 is 33.2 Å². The second kappa shape index (κ2) is 6.57. The number of ether oxygens (including phenoxy) is 1. The van der Waals surface area contributed by atoms with E-state index in [-0.39, 0.29) is 34.1 Å². The number of amides is 1. The average molecular weight is 397 g/mol. The Hall–Kier alpha value is -2.10. The molecule has 2 aliphatic heterocycles. The first kappa shape index (κ1) is 17.3. The largest absolute Gasteiger partial charge is 0.482 e. The third-order valence-corrected chi connectivity index (χ3v) is 6.46. The van der Waals surface area contributed by atoms with Gasteiger partial charge in [0.2, 0.25) is 10.0 Å². The van der Waals surface area contributed by atoms with E-state index in [1.807, 2.05) is 6.20 Å². The minimum Gasteiger partial charge on any atom is -0.482 e. The minimum atomic E-state index is -3.80. The van der Waals surface area contributed by atoms with E-state index in [0.29, 0.717) is 12.2 Å². The summed E-state index contributed by atoms with van der Waals surface area (Å²) in [5.74, 6) is 1.12. The van der Waals surface area contributed by atoms with E-state index in [1.165, 1.54) is 12.1 Å². The molecule has 3 heterocycles. The minimum absolute atomic E-state index is 0.0289. The summed E-state index contributed by atoms with van der Waals surface area (Å²) >= 11 is 6.13. The summed E-state index contributed by atoms with van der Waals surface area (Å²) in [6.07, 6.45) is 5.29. The van der Waals surface area contributed by atoms with Crippen LogP contribution in [0.3, 0.4) is 0 Å². The smallest absolute Gasteiger partial charge is 0.262 e. The number of carbonyl (C=O) groups excluding carboxylic acids is 1. The van der Waals surface area contributed by atoms with Gasteiger partial charge in [-0.05, 0) is 18.4 Å². The highest BCUT2D eigenvalue weighted by molar-refractivity contribution is 7.89. The van der Waals surface area contributed by atoms with Gasteiger partial charge in [0.25, 0.3) is 5.91 Å². The molecule has 0 unspecified atom stereocenters. The molecule has 1 amide bonds. The SMILES string of the molecule is O=C1COc2cc(S(=O)(=O)NC[C@@H]3CCn4ccnc4C3)c(Cl)cc2N1. The maximum atomic E-state index is 12.7. The highest BCUT2D eigenvalue weighted by Crippen LogP contribution is 2.35. The zero-order chi connectivity index (χ0) is 18.3. The molecular formula is C16H17ClN4O4S. The number of halogens is 1. The van der Waals surface area contributed by atoms with Crippen molar-refractivity contribution in [3.63, 3.8) is 0 Å². The summed E-state index contributed by atoms with van der Waals surface area (Å²) in [5, 5.41) is 2.63. The van der Waals surface area contributed by atoms with Crippen LogP contribution in [0, 0.1) is 5.92 Å². The van der Waals surface area contributed by atoms with Gasteiger partial charge in [-0.25, -0.2) is 18.1 Å². The van der Waals surface area contributed by atoms with E-state index >= 15 is 0 Å². The van der Waals surface area contributed by atoms with Crippen molar-refractivity contribution in [2.75, 3.05) is 18.5 Å². The van der Waals surface area contributed by atoms with Crippen molar-refractivity contribution in [2.24, 2.45) is 5.92 Å². The van der Waals surface area contributed by atoms with Crippen LogP contribution in [0.15, 0.2) is 29.4 Å². The maximum absolute atomic E-state index is 12.7. The number of benzene rings is 1. The lowest BCUT2D eigenvalue weighted by Crippen LogP contribution is -2.33. The summed E-state index contributed by atoms with van der Waals surface area (Å²) in [6.45, 7) is 0.978. The topological polar surface area (TPSA) is 102 Å². The van der Waals surface area contributed by atoms with Crippen LogP contribution in [0.4, 0.5) is 5.69 Å². The number of nitrogens with one attached hydrogen (secondary N) is 2. The van der Waals surface area contributed by atoms with Crippen molar-refractivity contribution in [2.45, 2.75) is 24.3 Å². The zero-order valence-electron chi connectivity index (χ0n) is 13.7. The number of sulfonamides is 1. The molecule has 0 fully saturated rings. The number of aryl methyl sites for hydroxylation is 1. The summed E-state index contributed by atoms with van der Waals surface area (Å²) in [7, 11) is -3.80. The summed E-state index contributed by atoms with van der Waals surface area (Å²) in [4.78, 5) is 15.6. The van der Waals surface area contributed by atoms with Gasteiger partial charge in [-0.2, -0.15) is 0 Å². The number of aromatic nitrogens is 2. The molecule has 2 aliphatic rings. The van der Waals surface area contributed by atoms with Crippen LogP contribution in [0.5, 0.6) is 5.75 Å². The van der Waals surface area contributed by atoms with Crippen molar-refractivity contribution < 1.29 is 17.9 Å². The molecule has 26 heavy (non-hydrogen) atoms. The Labute approximate surface area is 155 Å². The number of fused-ring (bicyclic) bond motifs is 2. The number of hydrogen-bond acceptors (Lipinski definition) is 5. The molecule has 2 N–H and O–H groups in total. The van der Waals surface area contributed by atoms with Gasteiger partial charge >= 0.3 is 0 Å². The molecule has 4 rings (SSSR count). The predicted molar refractivity (Wildman–Crippen MR) is 94.8 cm³/mol. The first-order valence-corrected chi connectivity index (χ1v) is 10.0. The number of imidazole rings is 1. The van der Waals surface area contributed by atoms with Crippen LogP contribution < -0.4 is 14.8 Å². The molecule has 2 aromatic rings. The van der Waals surface area contributed by atoms with Gasteiger partial charge in [0.05, 0.1) is 10.7 Å². The monoisotopic (exact) mass is 396 g/mol. The lowest BCUT2D eigenvalue weighted by Gasteiger charge is -2.24. The third kappa shape index (κ3) is 3.29. The number of hydrogen-bond donors (Lipinski definition) is 2. The molecule has 0 aliphatic carbocycles. The first-order chi connectivity index (χ1) is 12.4. The molecule has 0 saturated heterocycles. The van der Waals surface area contributed by atoms with Gasteiger partial charge in [-0.15, -0.1) is 0 Å². The maximum Gasteiger partial charge on any atom is 0.262 e. The third-order valence-electron chi connectivity index (χ3n) is 4.57. The van der Waals surface area contributed by atoms with Gasteiger partial charge in [0.15, 0.2) is 6.61 Å². The van der Waals surface area contributed by atoms with Gasteiger partial charge in [-0.3, -0.25) is 4.79 Å². The van der Waals surface area contributed by atoms with E-state index in [9.17, 15) is 13.2 Å². The normalized spacial score (nSPS) is 19.3. The molecule has 0 spiro atoms. The Bertz CT molecular complexity index is 973. The summed E-state index contributed by atoms with van der Waals surface area (Å²) < 4.78 is 35.4. The lowest BCUT2D eigenvalue weighted by atomic mass is 9.98. The fourth-order valence-electron chi connectivity index (χ4n) is 3.18. The average Bonchev–Trinajstić information content (AvgIpc) is 3.07. The molecule has 0 radical (unpaired) electrons. The fraction of sp³-hybridized carbons (Fsp3) is 0.375. The van der Waals surface area contributed by atoms with Gasteiger partial charge < -0.3 is 14.6 Å². The molecule has 8 nitrogen and oxygen atoms in total. The molecule has 138 valence electrons. The standard InChI is InChI=1S/C16H17ClN4O4S/c17-11-6-12-13(25-9-16(22)20-12)7-14(11)26(23,24)19-8-10-1-3-21-4-2-18-15(21)5-10/h2,4,6-7,10,19H,1,3,5,8-9H2,(H,20,22)/t10-/m1/s1. The number of anilines is 1. The highest BCUT2D eigenvalue weighted by Gasteiger charge is 2.26. The van der Waals surface area contributed by atoms with E-state index in [0.717, 1.165) is 25.2 Å². The quantitative estimate of drug-likeness (QED) is 0.813. The Balaban J connectivity index is 1.49. The van der Waals surface area contributed by atoms with Crippen LogP contribution in [0.25, 0.3) is 0 Å². The van der Waals surface area contributed by atoms with Gasteiger partial charge in [-0.1, -0.05) is 11.6 Å². The summed E-state index contributed by atoms with van der Waals surface area (Å²) in [5.41, 5.74) is 0.365. The molecule has 0 bridgehead atoms. The molecule has 0 saturated carbocycles. The van der Waals surface area contributed by atoms with Crippen LogP contribution in [-0.4, -0.2) is 37.0 Å². The van der Waals surface area contributed by atoms with Crippen molar-refractivity contribution in [3.8, 4) is 5.75 Å². The van der Waals surface area contributed by atoms with E-state index in [1.54, 1.807) is 6.20 Å². The predicted octanol–water partition coefficient (Wildman–Crippen LogP) is 1.41. The van der Waals surface area contributed by atoms with Crippen molar-refractivity contribution in [1.82, 2.24) is 14.3 Å². The second-order valence-corrected chi connectivity index (χ2v) is 8.51. The van der Waals surface area contributed by atoms with E-state index in [2.05, 4.69) is 19.6 Å². The van der Waals surface area contributed by atoms with Crippen molar-refractivity contribution in [3.05, 3.63) is 35.4 Å². The number of rotatable bonds is 4. The summed E-state index contributed by atoms with van der Waals surface area (Å²) in [6, 6.07) is 2.73. The Morgan fingerprint density at radius 1 is 1.42 bits per heavy atom. The van der Waals surface area contributed by atoms with Crippen LogP contribution in [0.1, 0.15) is 12.2 Å². The zero-order valence-corrected chi connectivity index (χ0v) is 15.3. The fourth-order valence-corrected chi connectivity index (χ4v) is 4.84. The lowest BCUT2D eigenvalue weighted by molar-refractivity contribution is -0.118. The van der Waals surface area contributed by atoms with Gasteiger partial charge in [0, 0.05) is 38.0 Å². The molecular weight excluding hydrogens is 380 g/mol. The van der Waals surface area contributed by atoms with Crippen LogP contribution in [0.2, 0.25) is 5.02 Å². The van der Waals surface area contributed by atoms with E-state index < -0.39 is 10.0 Å². The molecule has 1 atom stereocenters. The van der Waals surface area contributed by atoms with Crippen molar-refractivity contribution in [1.29, 1.82) is 0 Å². The molecule has 10 heteroatoms. The van der Waals surface area contributed by atoms with E-state index in [4.69, 9.17) is 16.3 Å². The first-order valence-electron chi connectivity index (χ1n) is 8.18. The van der Waals surface area contributed by atoms with Crippen LogP contribution >= 0.6 is 11.6 Å². The van der Waals surface area contributed by atoms with Gasteiger partial charge in [0.1, 0.15) is 16.5 Å². The Morgan fingerprint density at radius 3 is 3.12 bits per heavy atom.